The van der Waals surface area contributed by atoms with Gasteiger partial charge in [-0.3, -0.25) is 0 Å². The van der Waals surface area contributed by atoms with Crippen molar-refractivity contribution in [1.82, 2.24) is 0 Å². The van der Waals surface area contributed by atoms with Gasteiger partial charge in [-0.05, 0) is 0 Å². The summed E-state index contributed by atoms with van der Waals surface area (Å²) in [6.07, 6.45) is 0. The molecule has 13 heteroatoms. The summed E-state index contributed by atoms with van der Waals surface area (Å²) in [6.45, 7) is 0. The smallest absolute Gasteiger partial charge is 0.444 e. The zero-order valence-electron chi connectivity index (χ0n) is 5.41. The zero-order valence-corrected chi connectivity index (χ0v) is 6.51. The Balaban J connectivity index is -0.0000000213. The molecule has 0 saturated heterocycles. The van der Waals surface area contributed by atoms with Crippen molar-refractivity contribution in [3.63, 3.8) is 0 Å². The molecule has 12 nitrogen and oxygen atoms in total. The van der Waals surface area contributed by atoms with Gasteiger partial charge in [0.1, 0.15) is 0 Å². The maximum absolute atomic E-state index is 8.00. The molecule has 0 aromatic rings. The first-order chi connectivity index (χ1) is 5.66. The molecule has 0 bridgehead atoms. The molecule has 0 unspecified atom stereocenters. The van der Waals surface area contributed by atoms with Crippen LogP contribution in [0.4, 0.5) is 0 Å². The molecule has 0 N–H and O–H groups in total. The van der Waals surface area contributed by atoms with E-state index in [0.717, 1.165) is 21.4 Å². The maximum atomic E-state index is 8.00. The Kier molecular flexibility index (Phi) is 438. The fraction of sp³-hybridized carbons (Fsp3) is 0. The van der Waals surface area contributed by atoms with E-state index in [2.05, 4.69) is 0 Å². The van der Waals surface area contributed by atoms with Crippen LogP contribution in [0, 0.1) is 40.5 Å². The molecule has 0 radical (unpaired) electrons. The van der Waals surface area contributed by atoms with Crippen LogP contribution in [0.3, 0.4) is 0 Å². The van der Waals surface area contributed by atoms with Crippen LogP contribution in [0.25, 0.3) is 0 Å². The first kappa shape index (κ1) is 30.4. The summed E-state index contributed by atoms with van der Waals surface area (Å²) >= 11 is 0. The first-order valence-corrected chi connectivity index (χ1v) is 1.46. The predicted octanol–water partition coefficient (Wildman–Crippen LogP) is 1.000. The summed E-state index contributed by atoms with van der Waals surface area (Å²) in [5, 5.41) is 36.0. The van der Waals surface area contributed by atoms with Crippen molar-refractivity contribution in [3.8, 4) is 0 Å². The fourth-order valence-electron chi connectivity index (χ4n) is 0. The molecule has 0 rings (SSSR count). The van der Waals surface area contributed by atoms with E-state index in [1.54, 1.807) is 0 Å². The number of hydrogen-bond acceptors (Lipinski definition) is 12. The van der Waals surface area contributed by atoms with Crippen LogP contribution in [-0.2, 0) is 17.1 Å². The average Bonchev–Trinajstić information content (AvgIpc) is 1.92. The van der Waals surface area contributed by atoms with Crippen molar-refractivity contribution >= 4 is 0 Å². The summed E-state index contributed by atoms with van der Waals surface area (Å²) in [6, 6.07) is 0. The van der Waals surface area contributed by atoms with Crippen LogP contribution in [0.2, 0.25) is 0 Å². The summed E-state index contributed by atoms with van der Waals surface area (Å²) in [4.78, 5) is 32.0. The van der Waals surface area contributed by atoms with E-state index in [0.29, 0.717) is 0 Å². The topological polar surface area (TPSA) is 210 Å². The Bertz CT molecular complexity index is 70.1. The summed E-state index contributed by atoms with van der Waals surface area (Å²) < 4.78 is 0. The van der Waals surface area contributed by atoms with Gasteiger partial charge < -0.3 is 40.5 Å². The summed E-state index contributed by atoms with van der Waals surface area (Å²) in [5.41, 5.74) is 0. The largest absolute Gasteiger partial charge is 4.00 e. The monoisotopic (exact) mass is 240 g/mol. The van der Waals surface area contributed by atoms with Crippen LogP contribution < -0.4 is 0 Å². The second-order valence-corrected chi connectivity index (χ2v) is 0.298. The SMILES string of the molecule is O=N[O-].O=N[O-].O=N[O-].O=N[O-].[Fe+4]. The standard InChI is InChI=1S/Fe.4HNO2/c;4*2-1-3/h;4*(H,2,3)/q+4;;;;/p-4. The minimum atomic E-state index is 0. The fourth-order valence-corrected chi connectivity index (χ4v) is 0. The van der Waals surface area contributed by atoms with E-state index in [-0.39, 0.29) is 17.1 Å². The second kappa shape index (κ2) is 187. The molecule has 0 aromatic heterocycles. The molecule has 0 fully saturated rings. The van der Waals surface area contributed by atoms with Crippen molar-refractivity contribution in [1.29, 1.82) is 0 Å². The molecule has 0 saturated carbocycles. The zero-order chi connectivity index (χ0) is 10.8. The molecule has 0 aliphatic heterocycles. The van der Waals surface area contributed by atoms with Crippen molar-refractivity contribution in [2.45, 2.75) is 0 Å². The third-order valence-corrected chi connectivity index (χ3v) is 0. The van der Waals surface area contributed by atoms with Crippen molar-refractivity contribution in [3.05, 3.63) is 40.5 Å². The van der Waals surface area contributed by atoms with Crippen molar-refractivity contribution in [2.75, 3.05) is 0 Å². The Morgan fingerprint density at radius 1 is 0.538 bits per heavy atom. The van der Waals surface area contributed by atoms with Gasteiger partial charge in [0.15, 0.2) is 0 Å². The molecule has 0 aromatic carbocycles. The van der Waals surface area contributed by atoms with Gasteiger partial charge in [0.2, 0.25) is 0 Å². The number of rotatable bonds is 0. The van der Waals surface area contributed by atoms with Gasteiger partial charge in [0.25, 0.3) is 0 Å². The molecule has 0 amide bonds. The normalized spacial score (nSPS) is 3.69. The third-order valence-electron chi connectivity index (χ3n) is 0. The molecule has 0 spiro atoms. The predicted molar refractivity (Wildman–Crippen MR) is 36.6 cm³/mol. The Morgan fingerprint density at radius 3 is 0.538 bits per heavy atom. The number of hydrogen-bond donors (Lipinski definition) is 0. The van der Waals surface area contributed by atoms with Crippen LogP contribution in [-0.4, -0.2) is 0 Å². The van der Waals surface area contributed by atoms with Gasteiger partial charge in [-0.1, -0.05) is 0 Å². The van der Waals surface area contributed by atoms with E-state index < -0.39 is 0 Å². The van der Waals surface area contributed by atoms with Gasteiger partial charge in [0, 0.05) is 0 Å². The van der Waals surface area contributed by atoms with E-state index in [4.69, 9.17) is 40.5 Å². The first-order valence-electron chi connectivity index (χ1n) is 1.46. The van der Waals surface area contributed by atoms with Crippen LogP contribution in [0.1, 0.15) is 0 Å². The Hall–Kier alpha value is -1.88. The molecule has 0 aliphatic rings. The van der Waals surface area contributed by atoms with Crippen LogP contribution >= 0.6 is 0 Å². The van der Waals surface area contributed by atoms with Crippen LogP contribution in [0.15, 0.2) is 21.4 Å². The van der Waals surface area contributed by atoms with E-state index >= 15 is 0 Å². The molecule has 13 heavy (non-hydrogen) atoms. The van der Waals surface area contributed by atoms with Gasteiger partial charge in [-0.25, -0.2) is 0 Å². The molecular formula is FeN4O8. The number of nitrogens with zero attached hydrogens (tertiary/aromatic N) is 4. The van der Waals surface area contributed by atoms with Crippen molar-refractivity contribution < 1.29 is 17.1 Å². The van der Waals surface area contributed by atoms with Gasteiger partial charge in [-0.15, -0.1) is 21.4 Å². The minimum Gasteiger partial charge on any atom is -0.444 e. The third kappa shape index (κ3) is 189. The second-order valence-electron chi connectivity index (χ2n) is 0.298. The molecule has 76 valence electrons. The van der Waals surface area contributed by atoms with E-state index in [1.807, 2.05) is 0 Å². The van der Waals surface area contributed by atoms with E-state index in [1.165, 1.54) is 0 Å². The Morgan fingerprint density at radius 2 is 0.538 bits per heavy atom. The van der Waals surface area contributed by atoms with Crippen LogP contribution in [0.5, 0.6) is 0 Å². The maximum Gasteiger partial charge on any atom is 4.00 e. The Labute approximate surface area is 79.8 Å². The quantitative estimate of drug-likeness (QED) is 0.337. The summed E-state index contributed by atoms with van der Waals surface area (Å²) in [7, 11) is 0. The molecular weight excluding hydrogens is 240 g/mol. The van der Waals surface area contributed by atoms with Crippen molar-refractivity contribution in [2.24, 2.45) is 21.4 Å². The molecule has 0 heterocycles. The van der Waals surface area contributed by atoms with Gasteiger partial charge >= 0.3 is 17.1 Å². The van der Waals surface area contributed by atoms with E-state index in [9.17, 15) is 0 Å². The van der Waals surface area contributed by atoms with Gasteiger partial charge in [-0.2, -0.15) is 0 Å². The van der Waals surface area contributed by atoms with Gasteiger partial charge in [0.05, 0.1) is 0 Å². The minimum absolute atomic E-state index is 0. The average molecular weight is 240 g/mol. The molecule has 0 aliphatic carbocycles. The summed E-state index contributed by atoms with van der Waals surface area (Å²) in [5.74, 6) is 0. The molecule has 0 atom stereocenters.